The average Bonchev–Trinajstić information content (AvgIpc) is 2.97. The van der Waals surface area contributed by atoms with Gasteiger partial charge in [0.2, 0.25) is 0 Å². The monoisotopic (exact) mass is 812 g/mol. The van der Waals surface area contributed by atoms with Gasteiger partial charge >= 0.3 is 0 Å². The Bertz CT molecular complexity index is 2820. The molecule has 0 aliphatic heterocycles. The second-order valence-electron chi connectivity index (χ2n) is 9.62. The number of hydrogen-bond acceptors (Lipinski definition) is 18. The Balaban J connectivity index is 2.10. The SMILES string of the molecule is Nc1c(N=Nc2cc(S(=O)(=O)O)ccc2S(=O)(=O)O)cc(S(=O)(=O)O)c2cc(S(=O)(=O)O)c(N=Nc3ccc([N+](=O)[O-])cc3S(=O)(=O)O)c(O)c12. The van der Waals surface area contributed by atoms with Crippen LogP contribution in [0.5, 0.6) is 5.75 Å². The van der Waals surface area contributed by atoms with E-state index >= 15 is 0 Å². The van der Waals surface area contributed by atoms with E-state index in [-0.39, 0.29) is 0 Å². The number of phenols is 1. The summed E-state index contributed by atoms with van der Waals surface area (Å²) in [4.78, 5) is 3.95. The molecule has 0 fully saturated rings. The maximum absolute atomic E-state index is 12.4. The number of rotatable bonds is 10. The van der Waals surface area contributed by atoms with Gasteiger partial charge in [-0.1, -0.05) is 0 Å². The second-order valence-corrected chi connectivity index (χ2v) is 16.6. The zero-order valence-electron chi connectivity index (χ0n) is 24.1. The molecule has 0 radical (unpaired) electrons. The molecule has 0 aromatic heterocycles. The summed E-state index contributed by atoms with van der Waals surface area (Å²) in [7, 11) is -26.5. The Morgan fingerprint density at radius 3 is 1.61 bits per heavy atom. The molecular weight excluding hydrogens is 797 g/mol. The second kappa shape index (κ2) is 12.9. The molecule has 0 amide bonds. The first-order valence-electron chi connectivity index (χ1n) is 12.4. The van der Waals surface area contributed by atoms with E-state index in [0.717, 1.165) is 0 Å². The molecule has 0 unspecified atom stereocenters. The molecule has 29 heteroatoms. The lowest BCUT2D eigenvalue weighted by Crippen LogP contribution is -2.04. The van der Waals surface area contributed by atoms with Gasteiger partial charge in [-0.05, 0) is 36.4 Å². The molecule has 0 aliphatic carbocycles. The van der Waals surface area contributed by atoms with Gasteiger partial charge in [0.1, 0.15) is 42.3 Å². The summed E-state index contributed by atoms with van der Waals surface area (Å²) in [5, 5.41) is 34.0. The van der Waals surface area contributed by atoms with Gasteiger partial charge < -0.3 is 10.8 Å². The molecule has 272 valence electrons. The molecule has 8 N–H and O–H groups in total. The molecule has 0 saturated carbocycles. The zero-order valence-corrected chi connectivity index (χ0v) is 28.1. The fourth-order valence-electron chi connectivity index (χ4n) is 4.17. The number of azo groups is 2. The van der Waals surface area contributed by atoms with Gasteiger partial charge in [0, 0.05) is 17.5 Å². The molecule has 4 rings (SSSR count). The lowest BCUT2D eigenvalue weighted by molar-refractivity contribution is -0.385. The highest BCUT2D eigenvalue weighted by Gasteiger charge is 2.29. The molecule has 0 heterocycles. The topological polar surface area (TPSA) is 411 Å². The number of nitrogen functional groups attached to an aromatic ring is 1. The van der Waals surface area contributed by atoms with Gasteiger partial charge in [0.15, 0.2) is 5.75 Å². The van der Waals surface area contributed by atoms with E-state index in [9.17, 15) is 80.1 Å². The van der Waals surface area contributed by atoms with Crippen LogP contribution in [0.15, 0.2) is 93.5 Å². The number of fused-ring (bicyclic) bond motifs is 1. The quantitative estimate of drug-likeness (QED) is 0.0397. The van der Waals surface area contributed by atoms with Crippen LogP contribution in [0.1, 0.15) is 0 Å². The Labute approximate surface area is 284 Å². The molecule has 0 bridgehead atoms. The molecule has 0 atom stereocenters. The van der Waals surface area contributed by atoms with Crippen molar-refractivity contribution < 1.29 is 74.9 Å². The van der Waals surface area contributed by atoms with Crippen LogP contribution in [-0.4, -0.2) is 74.9 Å². The summed E-state index contributed by atoms with van der Waals surface area (Å²) >= 11 is 0. The minimum atomic E-state index is -5.55. The summed E-state index contributed by atoms with van der Waals surface area (Å²) < 4.78 is 168. The lowest BCUT2D eigenvalue weighted by Gasteiger charge is -2.14. The third kappa shape index (κ3) is 8.11. The summed E-state index contributed by atoms with van der Waals surface area (Å²) in [6.07, 6.45) is 0. The number of nitrogens with zero attached hydrogens (tertiary/aromatic N) is 5. The maximum atomic E-state index is 12.4. The fourth-order valence-corrected chi connectivity index (χ4v) is 7.27. The normalized spacial score (nSPS) is 13.4. The third-order valence-corrected chi connectivity index (χ3v) is 10.7. The number of phenolic OH excluding ortho intramolecular Hbond substituents is 1. The number of benzene rings is 4. The van der Waals surface area contributed by atoms with Crippen molar-refractivity contribution in [3.63, 3.8) is 0 Å². The van der Waals surface area contributed by atoms with E-state index in [1.807, 2.05) is 0 Å². The van der Waals surface area contributed by atoms with Gasteiger partial charge in [-0.3, -0.25) is 32.9 Å². The Morgan fingerprint density at radius 1 is 0.569 bits per heavy atom. The van der Waals surface area contributed by atoms with E-state index in [1.165, 1.54) is 0 Å². The van der Waals surface area contributed by atoms with Crippen molar-refractivity contribution in [3.8, 4) is 5.75 Å². The Kier molecular flexibility index (Phi) is 9.78. The fraction of sp³-hybridized carbons (Fsp3) is 0. The van der Waals surface area contributed by atoms with Crippen molar-refractivity contribution >= 4 is 95.5 Å². The van der Waals surface area contributed by atoms with Crippen molar-refractivity contribution in [1.29, 1.82) is 0 Å². The molecule has 4 aromatic rings. The summed E-state index contributed by atoms with van der Waals surface area (Å²) in [6, 6.07) is 3.76. The van der Waals surface area contributed by atoms with Crippen LogP contribution in [0.25, 0.3) is 10.8 Å². The van der Waals surface area contributed by atoms with Gasteiger partial charge in [-0.25, -0.2) is 0 Å². The maximum Gasteiger partial charge on any atom is 0.297 e. The van der Waals surface area contributed by atoms with Gasteiger partial charge in [0.25, 0.3) is 56.3 Å². The lowest BCUT2D eigenvalue weighted by atomic mass is 10.0. The highest BCUT2D eigenvalue weighted by molar-refractivity contribution is 7.87. The van der Waals surface area contributed by atoms with Crippen LogP contribution in [0.2, 0.25) is 0 Å². The van der Waals surface area contributed by atoms with Gasteiger partial charge in [-0.15, -0.1) is 20.5 Å². The van der Waals surface area contributed by atoms with E-state index in [4.69, 9.17) is 5.73 Å². The molecule has 0 saturated heterocycles. The molecule has 24 nitrogen and oxygen atoms in total. The first kappa shape index (κ1) is 38.7. The predicted molar refractivity (Wildman–Crippen MR) is 167 cm³/mol. The number of hydrogen-bond donors (Lipinski definition) is 7. The smallest absolute Gasteiger partial charge is 0.297 e. The van der Waals surface area contributed by atoms with E-state index < -0.39 is 131 Å². The van der Waals surface area contributed by atoms with Gasteiger partial charge in [0.05, 0.1) is 20.9 Å². The summed E-state index contributed by atoms with van der Waals surface area (Å²) in [5.41, 5.74) is 0.147. The van der Waals surface area contributed by atoms with Crippen molar-refractivity contribution in [3.05, 3.63) is 58.6 Å². The number of nitro groups is 1. The van der Waals surface area contributed by atoms with Gasteiger partial charge in [-0.2, -0.15) is 42.1 Å². The minimum Gasteiger partial charge on any atom is -0.505 e. The minimum absolute atomic E-state index is 0.296. The highest BCUT2D eigenvalue weighted by atomic mass is 32.2. The van der Waals surface area contributed by atoms with Crippen LogP contribution in [0.3, 0.4) is 0 Å². The van der Waals surface area contributed by atoms with Crippen molar-refractivity contribution in [2.75, 3.05) is 5.73 Å². The van der Waals surface area contributed by atoms with Crippen LogP contribution in [0.4, 0.5) is 34.1 Å². The zero-order chi connectivity index (χ0) is 38.6. The number of anilines is 1. The van der Waals surface area contributed by atoms with Crippen LogP contribution in [0, 0.1) is 10.1 Å². The average molecular weight is 813 g/mol. The summed E-state index contributed by atoms with van der Waals surface area (Å²) in [5.74, 6) is -1.48. The predicted octanol–water partition coefficient (Wildman–Crippen LogP) is 3.10. The van der Waals surface area contributed by atoms with Crippen molar-refractivity contribution in [1.82, 2.24) is 0 Å². The largest absolute Gasteiger partial charge is 0.505 e. The summed E-state index contributed by atoms with van der Waals surface area (Å²) in [6.45, 7) is 0. The number of aromatic hydroxyl groups is 1. The first-order valence-corrected chi connectivity index (χ1v) is 19.6. The first-order chi connectivity index (χ1) is 23.1. The molecule has 4 aromatic carbocycles. The molecule has 0 aliphatic rings. The standard InChI is InChI=1S/C22H16N6O18S5/c23-20-14(26-25-13-6-10(47(32,33)34)2-4-15(13)48(35,36)37)8-16(49(38,39)40)11-7-18(51(44,45)46)21(22(29)19(11)20)27-24-12-3-1-9(28(30)31)5-17(12)50(41,42)43/h1-8,29H,23H2,(H,32,33,34)(H,35,36,37)(H,38,39,40)(H,41,42,43)(H,44,45,46). The number of nitro benzene ring substituents is 1. The van der Waals surface area contributed by atoms with Crippen molar-refractivity contribution in [2.24, 2.45) is 20.5 Å². The van der Waals surface area contributed by atoms with Crippen LogP contribution < -0.4 is 5.73 Å². The number of nitrogens with two attached hydrogens (primary N) is 1. The molecule has 51 heavy (non-hydrogen) atoms. The van der Waals surface area contributed by atoms with E-state index in [2.05, 4.69) is 20.5 Å². The van der Waals surface area contributed by atoms with Crippen LogP contribution in [-0.2, 0) is 50.6 Å². The number of non-ortho nitro benzene ring substituents is 1. The Hall–Kier alpha value is -5.11. The molecular formula is C22H16N6O18S5. The third-order valence-electron chi connectivity index (χ3n) is 6.34. The Morgan fingerprint density at radius 2 is 1.10 bits per heavy atom. The van der Waals surface area contributed by atoms with E-state index in [0.29, 0.717) is 48.5 Å². The van der Waals surface area contributed by atoms with Crippen LogP contribution >= 0.6 is 0 Å². The highest BCUT2D eigenvalue weighted by Crippen LogP contribution is 2.48. The van der Waals surface area contributed by atoms with E-state index in [1.54, 1.807) is 0 Å². The molecule has 0 spiro atoms. The van der Waals surface area contributed by atoms with Crippen molar-refractivity contribution in [2.45, 2.75) is 24.5 Å².